The average Bonchev–Trinajstić information content (AvgIpc) is 2.82. The van der Waals surface area contributed by atoms with Gasteiger partial charge in [-0.2, -0.15) is 0 Å². The fraction of sp³-hybridized carbons (Fsp3) is 0.364. The van der Waals surface area contributed by atoms with Gasteiger partial charge in [-0.1, -0.05) is 0 Å². The molecule has 7 nitrogen and oxygen atoms in total. The van der Waals surface area contributed by atoms with E-state index in [0.29, 0.717) is 11.5 Å². The molecule has 0 aliphatic carbocycles. The fourth-order valence-electron chi connectivity index (χ4n) is 1.59. The third-order valence-corrected chi connectivity index (χ3v) is 4.55. The number of sulfonamides is 1. The van der Waals surface area contributed by atoms with Crippen LogP contribution >= 0.6 is 0 Å². The Balaban J connectivity index is 2.21. The maximum Gasteiger partial charge on any atom is 0.304 e. The molecule has 0 bridgehead atoms. The Morgan fingerprint density at radius 3 is 2.74 bits per heavy atom. The van der Waals surface area contributed by atoms with Crippen LogP contribution in [0.15, 0.2) is 23.1 Å². The highest BCUT2D eigenvalue weighted by Crippen LogP contribution is 2.34. The summed E-state index contributed by atoms with van der Waals surface area (Å²) in [7, 11) is -2.39. The van der Waals surface area contributed by atoms with Crippen molar-refractivity contribution in [2.45, 2.75) is 11.3 Å². The van der Waals surface area contributed by atoms with E-state index in [4.69, 9.17) is 14.6 Å². The molecular weight excluding hydrogens is 274 g/mol. The van der Waals surface area contributed by atoms with Gasteiger partial charge in [-0.15, -0.1) is 0 Å². The van der Waals surface area contributed by atoms with E-state index in [2.05, 4.69) is 0 Å². The number of carboxylic acids is 1. The summed E-state index contributed by atoms with van der Waals surface area (Å²) in [6.45, 7) is -0.0280. The van der Waals surface area contributed by atoms with Gasteiger partial charge in [-0.05, 0) is 12.1 Å². The molecule has 104 valence electrons. The molecule has 0 unspecified atom stereocenters. The van der Waals surface area contributed by atoms with Gasteiger partial charge in [0.25, 0.3) is 0 Å². The average molecular weight is 287 g/mol. The van der Waals surface area contributed by atoms with E-state index in [1.807, 2.05) is 0 Å². The standard InChI is InChI=1S/C11H13NO6S/c1-12(5-4-11(13)14)19(15,16)8-2-3-9-10(6-8)18-7-17-9/h2-3,6H,4-5,7H2,1H3,(H,13,14). The van der Waals surface area contributed by atoms with Gasteiger partial charge in [0.2, 0.25) is 16.8 Å². The predicted octanol–water partition coefficient (Wildman–Crippen LogP) is 0.510. The first-order valence-electron chi connectivity index (χ1n) is 5.49. The van der Waals surface area contributed by atoms with Crippen molar-refractivity contribution in [3.05, 3.63) is 18.2 Å². The Bertz CT molecular complexity index is 597. The van der Waals surface area contributed by atoms with Gasteiger partial charge in [-0.3, -0.25) is 4.79 Å². The van der Waals surface area contributed by atoms with E-state index in [0.717, 1.165) is 4.31 Å². The van der Waals surface area contributed by atoms with Crippen molar-refractivity contribution < 1.29 is 27.8 Å². The van der Waals surface area contributed by atoms with E-state index < -0.39 is 16.0 Å². The Kier molecular flexibility index (Phi) is 3.63. The molecular formula is C11H13NO6S. The number of nitrogens with zero attached hydrogens (tertiary/aromatic N) is 1. The predicted molar refractivity (Wildman–Crippen MR) is 64.6 cm³/mol. The number of carbonyl (C=O) groups is 1. The minimum Gasteiger partial charge on any atom is -0.481 e. The molecule has 19 heavy (non-hydrogen) atoms. The smallest absolute Gasteiger partial charge is 0.304 e. The summed E-state index contributed by atoms with van der Waals surface area (Å²) in [6.07, 6.45) is -0.250. The van der Waals surface area contributed by atoms with Gasteiger partial charge in [0.15, 0.2) is 11.5 Å². The lowest BCUT2D eigenvalue weighted by Gasteiger charge is -2.16. The van der Waals surface area contributed by atoms with Crippen molar-refractivity contribution >= 4 is 16.0 Å². The van der Waals surface area contributed by atoms with Gasteiger partial charge >= 0.3 is 5.97 Å². The molecule has 0 atom stereocenters. The van der Waals surface area contributed by atoms with Crippen LogP contribution in [-0.2, 0) is 14.8 Å². The van der Waals surface area contributed by atoms with E-state index >= 15 is 0 Å². The normalized spacial score (nSPS) is 13.8. The summed E-state index contributed by atoms with van der Waals surface area (Å²) in [5.41, 5.74) is 0. The molecule has 2 rings (SSSR count). The van der Waals surface area contributed by atoms with Crippen LogP contribution in [-0.4, -0.2) is 44.2 Å². The van der Waals surface area contributed by atoms with Crippen molar-refractivity contribution in [3.8, 4) is 11.5 Å². The lowest BCUT2D eigenvalue weighted by Crippen LogP contribution is -2.29. The molecule has 1 N–H and O–H groups in total. The number of rotatable bonds is 5. The number of carboxylic acid groups (broad SMARTS) is 1. The molecule has 0 radical (unpaired) electrons. The van der Waals surface area contributed by atoms with Crippen molar-refractivity contribution in [3.63, 3.8) is 0 Å². The maximum atomic E-state index is 12.2. The zero-order valence-corrected chi connectivity index (χ0v) is 11.0. The molecule has 0 fully saturated rings. The van der Waals surface area contributed by atoms with Gasteiger partial charge in [0.05, 0.1) is 11.3 Å². The topological polar surface area (TPSA) is 93.1 Å². The van der Waals surface area contributed by atoms with Gasteiger partial charge in [-0.25, -0.2) is 12.7 Å². The monoisotopic (exact) mass is 287 g/mol. The molecule has 0 amide bonds. The highest BCUT2D eigenvalue weighted by molar-refractivity contribution is 7.89. The summed E-state index contributed by atoms with van der Waals surface area (Å²) >= 11 is 0. The second-order valence-electron chi connectivity index (χ2n) is 3.99. The number of ether oxygens (including phenoxy) is 2. The Labute approximate surface area is 110 Å². The minimum atomic E-state index is -3.72. The largest absolute Gasteiger partial charge is 0.481 e. The fourth-order valence-corrected chi connectivity index (χ4v) is 2.78. The molecule has 8 heteroatoms. The third-order valence-electron chi connectivity index (χ3n) is 2.69. The highest BCUT2D eigenvalue weighted by atomic mass is 32.2. The molecule has 0 spiro atoms. The first-order chi connectivity index (χ1) is 8.91. The maximum absolute atomic E-state index is 12.2. The summed E-state index contributed by atoms with van der Waals surface area (Å²) in [5.74, 6) is -0.187. The second kappa shape index (κ2) is 5.06. The minimum absolute atomic E-state index is 0.0460. The second-order valence-corrected chi connectivity index (χ2v) is 6.03. The number of hydrogen-bond acceptors (Lipinski definition) is 5. The lowest BCUT2D eigenvalue weighted by molar-refractivity contribution is -0.137. The summed E-state index contributed by atoms with van der Waals surface area (Å²) in [4.78, 5) is 10.5. The summed E-state index contributed by atoms with van der Waals surface area (Å²) in [6, 6.07) is 4.29. The first-order valence-corrected chi connectivity index (χ1v) is 6.93. The highest BCUT2D eigenvalue weighted by Gasteiger charge is 2.24. The van der Waals surface area contributed by atoms with Crippen LogP contribution in [0.4, 0.5) is 0 Å². The molecule has 1 aromatic carbocycles. The Hall–Kier alpha value is -1.80. The molecule has 1 aliphatic rings. The van der Waals surface area contributed by atoms with Crippen molar-refractivity contribution in [2.24, 2.45) is 0 Å². The summed E-state index contributed by atoms with van der Waals surface area (Å²) < 4.78 is 35.6. The number of aliphatic carboxylic acids is 1. The van der Waals surface area contributed by atoms with Crippen LogP contribution in [0.1, 0.15) is 6.42 Å². The van der Waals surface area contributed by atoms with Crippen LogP contribution in [0.2, 0.25) is 0 Å². The first kappa shape index (κ1) is 13.6. The van der Waals surface area contributed by atoms with Crippen LogP contribution < -0.4 is 9.47 Å². The van der Waals surface area contributed by atoms with Gasteiger partial charge in [0.1, 0.15) is 0 Å². The Morgan fingerprint density at radius 1 is 1.37 bits per heavy atom. The molecule has 0 saturated heterocycles. The van der Waals surface area contributed by atoms with E-state index in [1.165, 1.54) is 25.2 Å². The zero-order valence-electron chi connectivity index (χ0n) is 10.2. The van der Waals surface area contributed by atoms with Crippen molar-refractivity contribution in [1.29, 1.82) is 0 Å². The quantitative estimate of drug-likeness (QED) is 0.848. The SMILES string of the molecule is CN(CCC(=O)O)S(=O)(=O)c1ccc2c(c1)OCO2. The third kappa shape index (κ3) is 2.79. The van der Waals surface area contributed by atoms with Crippen LogP contribution in [0.3, 0.4) is 0 Å². The molecule has 0 aromatic heterocycles. The van der Waals surface area contributed by atoms with E-state index in [-0.39, 0.29) is 24.7 Å². The molecule has 0 saturated carbocycles. The van der Waals surface area contributed by atoms with Crippen molar-refractivity contribution in [2.75, 3.05) is 20.4 Å². The van der Waals surface area contributed by atoms with Crippen LogP contribution in [0.5, 0.6) is 11.5 Å². The summed E-state index contributed by atoms with van der Waals surface area (Å²) in [5, 5.41) is 8.57. The van der Waals surface area contributed by atoms with E-state index in [9.17, 15) is 13.2 Å². The molecule has 1 aliphatic heterocycles. The number of fused-ring (bicyclic) bond motifs is 1. The van der Waals surface area contributed by atoms with Gasteiger partial charge in [0, 0.05) is 19.7 Å². The van der Waals surface area contributed by atoms with Crippen molar-refractivity contribution in [1.82, 2.24) is 4.31 Å². The van der Waals surface area contributed by atoms with Gasteiger partial charge < -0.3 is 14.6 Å². The number of benzene rings is 1. The zero-order chi connectivity index (χ0) is 14.0. The molecule has 1 heterocycles. The lowest BCUT2D eigenvalue weighted by atomic mass is 10.3. The van der Waals surface area contributed by atoms with E-state index in [1.54, 1.807) is 0 Å². The Morgan fingerprint density at radius 2 is 2.05 bits per heavy atom. The number of hydrogen-bond donors (Lipinski definition) is 1. The molecule has 1 aromatic rings. The van der Waals surface area contributed by atoms with Crippen LogP contribution in [0, 0.1) is 0 Å². The van der Waals surface area contributed by atoms with Crippen LogP contribution in [0.25, 0.3) is 0 Å².